The van der Waals surface area contributed by atoms with E-state index in [2.05, 4.69) is 28.6 Å². The van der Waals surface area contributed by atoms with Crippen molar-refractivity contribution in [1.82, 2.24) is 14.8 Å². The summed E-state index contributed by atoms with van der Waals surface area (Å²) in [4.78, 5) is 0. The van der Waals surface area contributed by atoms with Crippen molar-refractivity contribution in [1.29, 1.82) is 0 Å². The predicted molar refractivity (Wildman–Crippen MR) is 62.6 cm³/mol. The van der Waals surface area contributed by atoms with Gasteiger partial charge in [0.2, 0.25) is 0 Å². The van der Waals surface area contributed by atoms with E-state index >= 15 is 0 Å². The van der Waals surface area contributed by atoms with Crippen LogP contribution in [0.4, 0.5) is 0 Å². The van der Waals surface area contributed by atoms with Crippen LogP contribution < -0.4 is 0 Å². The molecule has 0 amide bonds. The van der Waals surface area contributed by atoms with E-state index < -0.39 is 0 Å². The highest BCUT2D eigenvalue weighted by molar-refractivity contribution is 6.16. The Balaban J connectivity index is 2.28. The summed E-state index contributed by atoms with van der Waals surface area (Å²) < 4.78 is 7.82. The number of nitrogens with zero attached hydrogens (tertiary/aromatic N) is 3. The van der Waals surface area contributed by atoms with Crippen LogP contribution in [0.5, 0.6) is 0 Å². The second-order valence-electron chi connectivity index (χ2n) is 4.06. The quantitative estimate of drug-likeness (QED) is 0.762. The lowest BCUT2D eigenvalue weighted by molar-refractivity contribution is 0.0988. The first-order valence-corrected chi connectivity index (χ1v) is 6.44. The molecule has 90 valence electrons. The molecule has 1 fully saturated rings. The topological polar surface area (TPSA) is 39.9 Å². The minimum absolute atomic E-state index is 0.290. The highest BCUT2D eigenvalue weighted by Crippen LogP contribution is 2.32. The van der Waals surface area contributed by atoms with Gasteiger partial charge in [0.1, 0.15) is 11.6 Å². The van der Waals surface area contributed by atoms with E-state index in [-0.39, 0.29) is 6.10 Å². The van der Waals surface area contributed by atoms with E-state index in [1.807, 2.05) is 0 Å². The fourth-order valence-electron chi connectivity index (χ4n) is 2.41. The van der Waals surface area contributed by atoms with Gasteiger partial charge in [-0.05, 0) is 19.8 Å². The summed E-state index contributed by atoms with van der Waals surface area (Å²) in [5, 5.41) is 8.43. The summed E-state index contributed by atoms with van der Waals surface area (Å²) >= 11 is 5.85. The van der Waals surface area contributed by atoms with Crippen molar-refractivity contribution < 1.29 is 4.74 Å². The molecule has 0 spiro atoms. The number of hydrogen-bond donors (Lipinski definition) is 0. The summed E-state index contributed by atoms with van der Waals surface area (Å²) in [7, 11) is 0. The molecule has 5 heteroatoms. The lowest BCUT2D eigenvalue weighted by Gasteiger charge is -2.17. The Kier molecular flexibility index (Phi) is 3.82. The summed E-state index contributed by atoms with van der Waals surface area (Å²) in [6.45, 7) is 5.95. The van der Waals surface area contributed by atoms with E-state index in [1.165, 1.54) is 0 Å². The second-order valence-corrected chi connectivity index (χ2v) is 4.33. The standard InChI is InChI=1S/C11H18ClN3O/c1-3-9-8(5-6-16-9)11-14-13-10(7-12)15(11)4-2/h8-9H,3-7H2,1-2H3. The monoisotopic (exact) mass is 243 g/mol. The molecule has 0 aliphatic carbocycles. The molecule has 0 radical (unpaired) electrons. The number of rotatable bonds is 4. The average Bonchev–Trinajstić information content (AvgIpc) is 2.93. The molecule has 2 rings (SSSR count). The van der Waals surface area contributed by atoms with Crippen LogP contribution >= 0.6 is 11.6 Å². The number of halogens is 1. The molecule has 1 aliphatic rings. The van der Waals surface area contributed by atoms with Crippen LogP contribution in [-0.2, 0) is 17.2 Å². The van der Waals surface area contributed by atoms with E-state index in [9.17, 15) is 0 Å². The molecule has 0 saturated carbocycles. The zero-order chi connectivity index (χ0) is 11.5. The maximum absolute atomic E-state index is 5.85. The highest BCUT2D eigenvalue weighted by atomic mass is 35.5. The number of ether oxygens (including phenoxy) is 1. The van der Waals surface area contributed by atoms with Gasteiger partial charge in [-0.25, -0.2) is 0 Å². The lowest BCUT2D eigenvalue weighted by atomic mass is 9.99. The van der Waals surface area contributed by atoms with Crippen molar-refractivity contribution in [3.05, 3.63) is 11.6 Å². The molecular formula is C11H18ClN3O. The van der Waals surface area contributed by atoms with E-state index in [0.29, 0.717) is 11.8 Å². The van der Waals surface area contributed by atoms with Gasteiger partial charge in [0.05, 0.1) is 12.0 Å². The fourth-order valence-corrected chi connectivity index (χ4v) is 2.61. The summed E-state index contributed by atoms with van der Waals surface area (Å²) in [5.41, 5.74) is 0. The van der Waals surface area contributed by atoms with E-state index in [1.54, 1.807) is 0 Å². The summed E-state index contributed by atoms with van der Waals surface area (Å²) in [6, 6.07) is 0. The molecule has 16 heavy (non-hydrogen) atoms. The Labute approximate surface area is 101 Å². The van der Waals surface area contributed by atoms with Crippen LogP contribution in [0.3, 0.4) is 0 Å². The van der Waals surface area contributed by atoms with Crippen molar-refractivity contribution in [2.75, 3.05) is 6.61 Å². The largest absolute Gasteiger partial charge is 0.377 e. The van der Waals surface area contributed by atoms with E-state index in [0.717, 1.165) is 37.6 Å². The van der Waals surface area contributed by atoms with Crippen molar-refractivity contribution in [2.45, 2.75) is 51.1 Å². The Morgan fingerprint density at radius 3 is 2.88 bits per heavy atom. The SMILES string of the molecule is CCC1OCCC1c1nnc(CCl)n1CC. The summed E-state index contributed by atoms with van der Waals surface area (Å²) in [6.07, 6.45) is 2.36. The van der Waals surface area contributed by atoms with Gasteiger partial charge in [-0.2, -0.15) is 0 Å². The van der Waals surface area contributed by atoms with Crippen molar-refractivity contribution >= 4 is 11.6 Å². The molecule has 1 aliphatic heterocycles. The fraction of sp³-hybridized carbons (Fsp3) is 0.818. The van der Waals surface area contributed by atoms with Crippen LogP contribution in [0.1, 0.15) is 44.3 Å². The predicted octanol–water partition coefficient (Wildman–Crippen LogP) is 2.32. The Morgan fingerprint density at radius 2 is 2.25 bits per heavy atom. The van der Waals surface area contributed by atoms with Crippen LogP contribution in [0, 0.1) is 0 Å². The smallest absolute Gasteiger partial charge is 0.147 e. The van der Waals surface area contributed by atoms with Crippen LogP contribution in [0.15, 0.2) is 0 Å². The zero-order valence-electron chi connectivity index (χ0n) is 9.82. The average molecular weight is 244 g/mol. The van der Waals surface area contributed by atoms with Gasteiger partial charge < -0.3 is 9.30 Å². The maximum Gasteiger partial charge on any atom is 0.147 e. The van der Waals surface area contributed by atoms with Crippen LogP contribution in [0.25, 0.3) is 0 Å². The van der Waals surface area contributed by atoms with Gasteiger partial charge in [-0.1, -0.05) is 6.92 Å². The molecule has 0 aromatic carbocycles. The van der Waals surface area contributed by atoms with E-state index in [4.69, 9.17) is 16.3 Å². The molecule has 2 atom stereocenters. The molecule has 0 N–H and O–H groups in total. The molecule has 2 heterocycles. The Hall–Kier alpha value is -0.610. The second kappa shape index (κ2) is 5.15. The van der Waals surface area contributed by atoms with Gasteiger partial charge in [-0.3, -0.25) is 0 Å². The van der Waals surface area contributed by atoms with Crippen molar-refractivity contribution in [2.24, 2.45) is 0 Å². The van der Waals surface area contributed by atoms with Crippen LogP contribution in [0.2, 0.25) is 0 Å². The first-order valence-electron chi connectivity index (χ1n) is 5.91. The lowest BCUT2D eigenvalue weighted by Crippen LogP contribution is -2.18. The van der Waals surface area contributed by atoms with Crippen molar-refractivity contribution in [3.8, 4) is 0 Å². The minimum Gasteiger partial charge on any atom is -0.377 e. The third kappa shape index (κ3) is 1.96. The Bertz CT molecular complexity index is 353. The summed E-state index contributed by atoms with van der Waals surface area (Å²) in [5.74, 6) is 2.71. The molecular weight excluding hydrogens is 226 g/mol. The van der Waals surface area contributed by atoms with Gasteiger partial charge >= 0.3 is 0 Å². The molecule has 1 aromatic rings. The zero-order valence-corrected chi connectivity index (χ0v) is 10.6. The molecule has 0 bridgehead atoms. The van der Waals surface area contributed by atoms with Gasteiger partial charge in [0.15, 0.2) is 0 Å². The Morgan fingerprint density at radius 1 is 1.44 bits per heavy atom. The van der Waals surface area contributed by atoms with Gasteiger partial charge in [0.25, 0.3) is 0 Å². The van der Waals surface area contributed by atoms with Crippen molar-refractivity contribution in [3.63, 3.8) is 0 Å². The minimum atomic E-state index is 0.290. The number of hydrogen-bond acceptors (Lipinski definition) is 3. The molecule has 4 nitrogen and oxygen atoms in total. The molecule has 1 aromatic heterocycles. The van der Waals surface area contributed by atoms with Gasteiger partial charge in [-0.15, -0.1) is 21.8 Å². The third-order valence-electron chi connectivity index (χ3n) is 3.24. The third-order valence-corrected chi connectivity index (χ3v) is 3.47. The first-order chi connectivity index (χ1) is 7.81. The normalized spacial score (nSPS) is 25.2. The number of aromatic nitrogens is 3. The van der Waals surface area contributed by atoms with Crippen LogP contribution in [-0.4, -0.2) is 27.5 Å². The maximum atomic E-state index is 5.85. The molecule has 1 saturated heterocycles. The molecule has 2 unspecified atom stereocenters. The number of alkyl halides is 1. The highest BCUT2D eigenvalue weighted by Gasteiger charge is 2.32. The first kappa shape index (κ1) is 11.9. The van der Waals surface area contributed by atoms with Gasteiger partial charge in [0, 0.05) is 19.1 Å².